The second kappa shape index (κ2) is 5.29. The molecule has 15 heavy (non-hydrogen) atoms. The first-order chi connectivity index (χ1) is 7.11. The second-order valence-corrected chi connectivity index (χ2v) is 3.59. The lowest BCUT2D eigenvalue weighted by Gasteiger charge is -2.12. The van der Waals surface area contributed by atoms with E-state index in [1.54, 1.807) is 6.92 Å². The molecule has 1 aromatic rings. The molecule has 0 heterocycles. The maximum atomic E-state index is 13.5. The van der Waals surface area contributed by atoms with Crippen LogP contribution in [0.5, 0.6) is 0 Å². The van der Waals surface area contributed by atoms with Gasteiger partial charge in [-0.3, -0.25) is 5.84 Å². The normalized spacial score (nSPS) is 10.5. The second-order valence-electron chi connectivity index (χ2n) is 2.88. The molecule has 0 aromatic heterocycles. The van der Waals surface area contributed by atoms with Gasteiger partial charge in [0.2, 0.25) is 0 Å². The van der Waals surface area contributed by atoms with E-state index in [1.807, 2.05) is 6.92 Å². The van der Waals surface area contributed by atoms with Crippen LogP contribution in [0.15, 0.2) is 11.0 Å². The van der Waals surface area contributed by atoms with E-state index in [4.69, 9.17) is 5.84 Å². The largest absolute Gasteiger partial charge is 0.324 e. The third-order valence-corrected chi connectivity index (χ3v) is 2.92. The predicted molar refractivity (Wildman–Crippen MR) is 55.9 cm³/mol. The Hall–Kier alpha value is -0.860. The summed E-state index contributed by atoms with van der Waals surface area (Å²) in [6.45, 7) is 3.57. The number of benzene rings is 1. The number of nitrogens with two attached hydrogens (primary N) is 2. The first-order valence-corrected chi connectivity index (χ1v) is 4.82. The summed E-state index contributed by atoms with van der Waals surface area (Å²) in [6.07, 6.45) is 0. The molecule has 0 spiro atoms. The minimum absolute atomic E-state index is 0.317. The number of hydrogen-bond donors (Lipinski definition) is 3. The van der Waals surface area contributed by atoms with E-state index in [-0.39, 0.29) is 0 Å². The van der Waals surface area contributed by atoms with Crippen molar-refractivity contribution < 1.29 is 13.7 Å². The quantitative estimate of drug-likeness (QED) is 0.317. The lowest BCUT2D eigenvalue weighted by molar-refractivity contribution is -0.195. The highest BCUT2D eigenvalue weighted by Crippen LogP contribution is 2.32. The minimum atomic E-state index is -0.451. The van der Waals surface area contributed by atoms with Crippen LogP contribution in [-0.2, 0) is 9.32 Å². The fraction of sp³-hybridized carbons (Fsp3) is 0.250. The molecule has 0 fully saturated rings. The maximum absolute atomic E-state index is 13.5. The Morgan fingerprint density at radius 1 is 1.40 bits per heavy atom. The fourth-order valence-electron chi connectivity index (χ4n) is 1.16. The Morgan fingerprint density at radius 2 is 2.07 bits per heavy atom. The van der Waals surface area contributed by atoms with E-state index >= 15 is 0 Å². The van der Waals surface area contributed by atoms with Crippen molar-refractivity contribution in [2.75, 3.05) is 5.43 Å². The SMILES string of the molecule is Cc1c(NN)cc(F)c(SOON)c1C. The van der Waals surface area contributed by atoms with Crippen LogP contribution in [0.4, 0.5) is 10.1 Å². The third-order valence-electron chi connectivity index (χ3n) is 2.11. The highest BCUT2D eigenvalue weighted by atomic mass is 32.2. The molecule has 84 valence electrons. The smallest absolute Gasteiger partial charge is 0.141 e. The number of hydrazine groups is 1. The van der Waals surface area contributed by atoms with Gasteiger partial charge < -0.3 is 5.43 Å². The molecule has 0 unspecified atom stereocenters. The van der Waals surface area contributed by atoms with Crippen molar-refractivity contribution >= 4 is 17.7 Å². The van der Waals surface area contributed by atoms with Gasteiger partial charge in [-0.25, -0.2) is 4.39 Å². The van der Waals surface area contributed by atoms with Crippen molar-refractivity contribution in [1.29, 1.82) is 0 Å². The Morgan fingerprint density at radius 3 is 2.60 bits per heavy atom. The summed E-state index contributed by atoms with van der Waals surface area (Å²) < 4.78 is 17.9. The highest BCUT2D eigenvalue weighted by Gasteiger charge is 2.13. The van der Waals surface area contributed by atoms with Crippen molar-refractivity contribution in [2.24, 2.45) is 11.7 Å². The summed E-state index contributed by atoms with van der Waals surface area (Å²) in [4.78, 5) is 4.22. The zero-order chi connectivity index (χ0) is 11.4. The molecule has 0 aliphatic rings. The highest BCUT2D eigenvalue weighted by molar-refractivity contribution is 7.94. The van der Waals surface area contributed by atoms with Crippen LogP contribution >= 0.6 is 12.0 Å². The fourth-order valence-corrected chi connectivity index (χ4v) is 1.68. The molecule has 0 saturated carbocycles. The monoisotopic (exact) mass is 233 g/mol. The number of anilines is 1. The first kappa shape index (κ1) is 12.2. The van der Waals surface area contributed by atoms with Crippen LogP contribution in [0, 0.1) is 19.7 Å². The van der Waals surface area contributed by atoms with Gasteiger partial charge >= 0.3 is 0 Å². The van der Waals surface area contributed by atoms with Gasteiger partial charge in [-0.05, 0) is 31.0 Å². The van der Waals surface area contributed by atoms with Crippen molar-refractivity contribution in [2.45, 2.75) is 18.7 Å². The van der Waals surface area contributed by atoms with Crippen LogP contribution in [-0.4, -0.2) is 0 Å². The van der Waals surface area contributed by atoms with Crippen molar-refractivity contribution in [3.8, 4) is 0 Å². The molecular formula is C8H12FN3O2S. The van der Waals surface area contributed by atoms with Crippen LogP contribution < -0.4 is 17.2 Å². The summed E-state index contributed by atoms with van der Waals surface area (Å²) >= 11 is 0.716. The lowest BCUT2D eigenvalue weighted by atomic mass is 10.1. The van der Waals surface area contributed by atoms with Crippen molar-refractivity contribution in [1.82, 2.24) is 0 Å². The number of halogens is 1. The van der Waals surface area contributed by atoms with Crippen LogP contribution in [0.2, 0.25) is 0 Å². The summed E-state index contributed by atoms with van der Waals surface area (Å²) in [5.41, 5.74) is 4.49. The average Bonchev–Trinajstić information content (AvgIpc) is 2.23. The molecule has 0 aliphatic heterocycles. The molecule has 0 atom stereocenters. The molecule has 0 aliphatic carbocycles. The lowest BCUT2D eigenvalue weighted by Crippen LogP contribution is -2.10. The van der Waals surface area contributed by atoms with Crippen molar-refractivity contribution in [3.05, 3.63) is 23.0 Å². The zero-order valence-electron chi connectivity index (χ0n) is 8.33. The predicted octanol–water partition coefficient (Wildman–Crippen LogP) is 1.56. The van der Waals surface area contributed by atoms with Crippen LogP contribution in [0.25, 0.3) is 0 Å². The van der Waals surface area contributed by atoms with Gasteiger partial charge in [0.05, 0.1) is 22.6 Å². The van der Waals surface area contributed by atoms with Gasteiger partial charge in [-0.2, -0.15) is 5.90 Å². The summed E-state index contributed by atoms with van der Waals surface area (Å²) in [5, 5.41) is 0. The van der Waals surface area contributed by atoms with Crippen molar-refractivity contribution in [3.63, 3.8) is 0 Å². The third kappa shape index (κ3) is 2.58. The van der Waals surface area contributed by atoms with Gasteiger partial charge in [0, 0.05) is 0 Å². The summed E-state index contributed by atoms with van der Waals surface area (Å²) in [5.74, 6) is 9.46. The van der Waals surface area contributed by atoms with Gasteiger partial charge in [0.1, 0.15) is 5.82 Å². The van der Waals surface area contributed by atoms with Gasteiger partial charge in [0.25, 0.3) is 0 Å². The molecule has 5 N–H and O–H groups in total. The Kier molecular flexibility index (Phi) is 4.30. The van der Waals surface area contributed by atoms with Gasteiger partial charge in [0.15, 0.2) is 0 Å². The Bertz CT molecular complexity index is 362. The standard InChI is InChI=1S/C8H12FN3O2S/c1-4-5(2)8(15-14-13-11)6(9)3-7(4)12-10/h3,12H,10-11H2,1-2H3. The van der Waals surface area contributed by atoms with E-state index in [2.05, 4.69) is 20.6 Å². The molecule has 5 nitrogen and oxygen atoms in total. The molecule has 0 radical (unpaired) electrons. The molecule has 0 saturated heterocycles. The molecule has 1 rings (SSSR count). The molecular weight excluding hydrogens is 221 g/mol. The number of nitrogen functional groups attached to an aromatic ring is 1. The average molecular weight is 233 g/mol. The number of hydrogen-bond acceptors (Lipinski definition) is 6. The van der Waals surface area contributed by atoms with E-state index in [9.17, 15) is 4.39 Å². The molecule has 7 heteroatoms. The molecule has 0 amide bonds. The Balaban J connectivity index is 3.11. The van der Waals surface area contributed by atoms with Crippen LogP contribution in [0.1, 0.15) is 11.1 Å². The molecule has 0 bridgehead atoms. The summed E-state index contributed by atoms with van der Waals surface area (Å²) in [7, 11) is 0. The number of nitrogens with one attached hydrogen (secondary N) is 1. The topological polar surface area (TPSA) is 82.5 Å². The zero-order valence-corrected chi connectivity index (χ0v) is 9.15. The molecule has 1 aromatic carbocycles. The van der Waals surface area contributed by atoms with Crippen LogP contribution in [0.3, 0.4) is 0 Å². The first-order valence-electron chi connectivity index (χ1n) is 4.08. The van der Waals surface area contributed by atoms with Gasteiger partial charge in [-0.1, -0.05) is 0 Å². The van der Waals surface area contributed by atoms with E-state index in [0.29, 0.717) is 28.2 Å². The Labute approximate surface area is 91.0 Å². The van der Waals surface area contributed by atoms with E-state index in [0.717, 1.165) is 5.56 Å². The van der Waals surface area contributed by atoms with Gasteiger partial charge in [-0.15, -0.1) is 9.32 Å². The maximum Gasteiger partial charge on any atom is 0.141 e. The summed E-state index contributed by atoms with van der Waals surface area (Å²) in [6, 6.07) is 1.28. The van der Waals surface area contributed by atoms with E-state index < -0.39 is 5.82 Å². The minimum Gasteiger partial charge on any atom is -0.324 e. The number of rotatable bonds is 4. The van der Waals surface area contributed by atoms with E-state index in [1.165, 1.54) is 6.07 Å².